The molecule has 1 aromatic carbocycles. The zero-order valence-corrected chi connectivity index (χ0v) is 10.7. The van der Waals surface area contributed by atoms with Gasteiger partial charge in [-0.1, -0.05) is 19.9 Å². The Hall–Kier alpha value is -1.49. The highest BCUT2D eigenvalue weighted by Crippen LogP contribution is 2.34. The molecule has 0 spiro atoms. The average Bonchev–Trinajstić information content (AvgIpc) is 2.21. The topological polar surface area (TPSA) is 33.0 Å². The summed E-state index contributed by atoms with van der Waals surface area (Å²) in [5.41, 5.74) is 3.33. The van der Waals surface area contributed by atoms with Crippen LogP contribution in [0, 0.1) is 31.1 Å². The molecule has 0 aliphatic rings. The van der Waals surface area contributed by atoms with Crippen LogP contribution in [0.25, 0.3) is 0 Å². The van der Waals surface area contributed by atoms with E-state index in [1.807, 2.05) is 19.9 Å². The van der Waals surface area contributed by atoms with Crippen LogP contribution < -0.4 is 4.74 Å². The SMILES string of the molecule is COc1cc(C)cc(C)c1C(C#N)C(C)C. The number of nitrogens with zero attached hydrogens (tertiary/aromatic N) is 1. The van der Waals surface area contributed by atoms with Crippen molar-refractivity contribution in [3.63, 3.8) is 0 Å². The fraction of sp³-hybridized carbons (Fsp3) is 0.500. The van der Waals surface area contributed by atoms with E-state index in [0.717, 1.165) is 16.9 Å². The summed E-state index contributed by atoms with van der Waals surface area (Å²) in [6.07, 6.45) is 0. The van der Waals surface area contributed by atoms with Crippen LogP contribution in [-0.4, -0.2) is 7.11 Å². The summed E-state index contributed by atoms with van der Waals surface area (Å²) >= 11 is 0. The molecule has 2 heteroatoms. The molecule has 0 heterocycles. The van der Waals surface area contributed by atoms with Gasteiger partial charge in [0.15, 0.2) is 0 Å². The molecule has 0 N–H and O–H groups in total. The lowest BCUT2D eigenvalue weighted by molar-refractivity contribution is 0.402. The van der Waals surface area contributed by atoms with E-state index in [-0.39, 0.29) is 5.92 Å². The van der Waals surface area contributed by atoms with Gasteiger partial charge in [0, 0.05) is 5.56 Å². The first-order valence-corrected chi connectivity index (χ1v) is 5.56. The minimum absolute atomic E-state index is 0.101. The summed E-state index contributed by atoms with van der Waals surface area (Å²) in [5.74, 6) is 1.02. The van der Waals surface area contributed by atoms with Gasteiger partial charge in [-0.2, -0.15) is 5.26 Å². The lowest BCUT2D eigenvalue weighted by Gasteiger charge is -2.19. The third-order valence-corrected chi connectivity index (χ3v) is 2.83. The van der Waals surface area contributed by atoms with Crippen molar-refractivity contribution < 1.29 is 4.74 Å². The first-order valence-electron chi connectivity index (χ1n) is 5.56. The molecular weight excluding hydrogens is 198 g/mol. The van der Waals surface area contributed by atoms with Crippen molar-refractivity contribution in [2.75, 3.05) is 7.11 Å². The van der Waals surface area contributed by atoms with Gasteiger partial charge in [0.25, 0.3) is 0 Å². The summed E-state index contributed by atoms with van der Waals surface area (Å²) in [5, 5.41) is 9.26. The van der Waals surface area contributed by atoms with E-state index >= 15 is 0 Å². The summed E-state index contributed by atoms with van der Waals surface area (Å²) in [6, 6.07) is 6.47. The smallest absolute Gasteiger partial charge is 0.123 e. The molecule has 0 radical (unpaired) electrons. The number of aryl methyl sites for hydroxylation is 2. The van der Waals surface area contributed by atoms with E-state index in [1.165, 1.54) is 5.56 Å². The zero-order chi connectivity index (χ0) is 12.3. The lowest BCUT2D eigenvalue weighted by atomic mass is 9.86. The molecule has 1 atom stereocenters. The fourth-order valence-corrected chi connectivity index (χ4v) is 2.05. The largest absolute Gasteiger partial charge is 0.496 e. The molecule has 0 saturated heterocycles. The first kappa shape index (κ1) is 12.6. The van der Waals surface area contributed by atoms with Gasteiger partial charge in [0.1, 0.15) is 5.75 Å². The highest BCUT2D eigenvalue weighted by atomic mass is 16.5. The number of rotatable bonds is 3. The Labute approximate surface area is 97.9 Å². The quantitative estimate of drug-likeness (QED) is 0.775. The number of benzene rings is 1. The third kappa shape index (κ3) is 2.36. The van der Waals surface area contributed by atoms with Gasteiger partial charge in [0.2, 0.25) is 0 Å². The number of ether oxygens (including phenoxy) is 1. The van der Waals surface area contributed by atoms with Crippen LogP contribution in [0.15, 0.2) is 12.1 Å². The van der Waals surface area contributed by atoms with Crippen LogP contribution >= 0.6 is 0 Å². The number of hydrogen-bond acceptors (Lipinski definition) is 2. The van der Waals surface area contributed by atoms with E-state index in [4.69, 9.17) is 4.74 Å². The second kappa shape index (κ2) is 5.03. The highest BCUT2D eigenvalue weighted by molar-refractivity contribution is 5.47. The van der Waals surface area contributed by atoms with Crippen molar-refractivity contribution in [1.29, 1.82) is 5.26 Å². The Kier molecular flexibility index (Phi) is 3.95. The van der Waals surface area contributed by atoms with Crippen LogP contribution in [0.1, 0.15) is 36.5 Å². The van der Waals surface area contributed by atoms with Crippen molar-refractivity contribution in [2.45, 2.75) is 33.6 Å². The Morgan fingerprint density at radius 3 is 2.31 bits per heavy atom. The second-order valence-electron chi connectivity index (χ2n) is 4.55. The molecule has 1 unspecified atom stereocenters. The van der Waals surface area contributed by atoms with Gasteiger partial charge in [-0.05, 0) is 37.0 Å². The lowest BCUT2D eigenvalue weighted by Crippen LogP contribution is -2.08. The summed E-state index contributed by atoms with van der Waals surface area (Å²) in [6.45, 7) is 8.20. The van der Waals surface area contributed by atoms with E-state index in [9.17, 15) is 5.26 Å². The number of hydrogen-bond donors (Lipinski definition) is 0. The molecule has 2 nitrogen and oxygen atoms in total. The van der Waals surface area contributed by atoms with Gasteiger partial charge >= 0.3 is 0 Å². The number of nitriles is 1. The van der Waals surface area contributed by atoms with Crippen molar-refractivity contribution in [3.8, 4) is 11.8 Å². The van der Waals surface area contributed by atoms with Gasteiger partial charge in [-0.3, -0.25) is 0 Å². The van der Waals surface area contributed by atoms with Gasteiger partial charge in [-0.25, -0.2) is 0 Å². The van der Waals surface area contributed by atoms with E-state index < -0.39 is 0 Å². The first-order chi connectivity index (χ1) is 7.51. The summed E-state index contributed by atoms with van der Waals surface area (Å²) in [4.78, 5) is 0. The van der Waals surface area contributed by atoms with Crippen molar-refractivity contribution >= 4 is 0 Å². The molecule has 16 heavy (non-hydrogen) atoms. The fourth-order valence-electron chi connectivity index (χ4n) is 2.05. The normalized spacial score (nSPS) is 12.3. The van der Waals surface area contributed by atoms with Gasteiger partial charge in [0.05, 0.1) is 19.1 Å². The molecule has 0 saturated carbocycles. The summed E-state index contributed by atoms with van der Waals surface area (Å²) < 4.78 is 5.39. The van der Waals surface area contributed by atoms with E-state index in [0.29, 0.717) is 5.92 Å². The average molecular weight is 217 g/mol. The van der Waals surface area contributed by atoms with Crippen molar-refractivity contribution in [3.05, 3.63) is 28.8 Å². The van der Waals surface area contributed by atoms with Gasteiger partial charge < -0.3 is 4.74 Å². The van der Waals surface area contributed by atoms with Crippen molar-refractivity contribution in [1.82, 2.24) is 0 Å². The van der Waals surface area contributed by atoms with E-state index in [1.54, 1.807) is 7.11 Å². The predicted molar refractivity (Wildman–Crippen MR) is 65.7 cm³/mol. The molecule has 1 aromatic rings. The predicted octanol–water partition coefficient (Wildman–Crippen LogP) is 3.58. The monoisotopic (exact) mass is 217 g/mol. The van der Waals surface area contributed by atoms with Crippen LogP contribution in [0.2, 0.25) is 0 Å². The molecule has 0 aliphatic heterocycles. The van der Waals surface area contributed by atoms with Crippen LogP contribution in [0.4, 0.5) is 0 Å². The maximum Gasteiger partial charge on any atom is 0.123 e. The molecule has 0 aromatic heterocycles. The molecule has 0 bridgehead atoms. The zero-order valence-electron chi connectivity index (χ0n) is 10.7. The molecule has 0 aliphatic carbocycles. The molecule has 0 fully saturated rings. The maximum absolute atomic E-state index is 9.26. The molecule has 86 valence electrons. The van der Waals surface area contributed by atoms with Crippen LogP contribution in [0.3, 0.4) is 0 Å². The Morgan fingerprint density at radius 1 is 1.25 bits per heavy atom. The third-order valence-electron chi connectivity index (χ3n) is 2.83. The maximum atomic E-state index is 9.26. The van der Waals surface area contributed by atoms with Gasteiger partial charge in [-0.15, -0.1) is 0 Å². The second-order valence-corrected chi connectivity index (χ2v) is 4.55. The van der Waals surface area contributed by atoms with Crippen LogP contribution in [-0.2, 0) is 0 Å². The standard InChI is InChI=1S/C14H19NO/c1-9(2)12(8-15)14-11(4)6-10(3)7-13(14)16-5/h6-7,9,12H,1-5H3. The van der Waals surface area contributed by atoms with E-state index in [2.05, 4.69) is 26.0 Å². The Bertz CT molecular complexity index is 415. The minimum Gasteiger partial charge on any atom is -0.496 e. The van der Waals surface area contributed by atoms with Crippen LogP contribution in [0.5, 0.6) is 5.75 Å². The number of methoxy groups -OCH3 is 1. The minimum atomic E-state index is -0.101. The van der Waals surface area contributed by atoms with Crippen molar-refractivity contribution in [2.24, 2.45) is 5.92 Å². The molecule has 1 rings (SSSR count). The highest BCUT2D eigenvalue weighted by Gasteiger charge is 2.21. The Balaban J connectivity index is 3.37. The Morgan fingerprint density at radius 2 is 1.88 bits per heavy atom. The molecule has 0 amide bonds. The molecular formula is C14H19NO. The summed E-state index contributed by atoms with van der Waals surface area (Å²) in [7, 11) is 1.66.